The van der Waals surface area contributed by atoms with Gasteiger partial charge in [-0.05, 0) is 24.7 Å². The van der Waals surface area contributed by atoms with E-state index in [0.29, 0.717) is 25.0 Å². The van der Waals surface area contributed by atoms with Gasteiger partial charge in [-0.15, -0.1) is 0 Å². The molecule has 2 radical (unpaired) electrons. The van der Waals surface area contributed by atoms with E-state index < -0.39 is 7.82 Å². The van der Waals surface area contributed by atoms with Gasteiger partial charge in [-0.25, -0.2) is 4.57 Å². The van der Waals surface area contributed by atoms with Crippen molar-refractivity contribution in [3.63, 3.8) is 0 Å². The van der Waals surface area contributed by atoms with E-state index in [9.17, 15) is 9.46 Å². The van der Waals surface area contributed by atoms with Gasteiger partial charge < -0.3 is 4.89 Å². The van der Waals surface area contributed by atoms with Crippen LogP contribution in [0.15, 0.2) is 0 Å². The van der Waals surface area contributed by atoms with E-state index in [1.54, 1.807) is 0 Å². The molecule has 6 heteroatoms. The van der Waals surface area contributed by atoms with Crippen molar-refractivity contribution >= 4 is 45.6 Å². The van der Waals surface area contributed by atoms with Gasteiger partial charge in [-0.2, -0.15) is 0 Å². The zero-order valence-corrected chi connectivity index (χ0v) is 18.2. The Labute approximate surface area is 167 Å². The molecule has 0 aromatic carbocycles. The molecule has 22 heavy (non-hydrogen) atoms. The Morgan fingerprint density at radius 1 is 0.864 bits per heavy atom. The van der Waals surface area contributed by atoms with Gasteiger partial charge in [0.05, 0.1) is 13.2 Å². The molecule has 0 spiro atoms. The average molecular weight is 363 g/mol. The topological polar surface area (TPSA) is 55.8 Å². The minimum atomic E-state index is -3.89. The molecule has 1 N–H and O–H groups in total. The molecule has 0 bridgehead atoms. The molecule has 130 valence electrons. The van der Waals surface area contributed by atoms with Crippen molar-refractivity contribution in [2.45, 2.75) is 79.1 Å². The summed E-state index contributed by atoms with van der Waals surface area (Å²) in [4.78, 5) is 9.77. The SMILES string of the molecule is CCCCC(CC)COP(=O)(O)OCC(CC)CCCC.[Ca]. The molecule has 0 aromatic rings. The Kier molecular flexibility index (Phi) is 18.5. The van der Waals surface area contributed by atoms with Crippen LogP contribution in [-0.4, -0.2) is 55.8 Å². The molecule has 0 fully saturated rings. The van der Waals surface area contributed by atoms with Crippen molar-refractivity contribution in [3.05, 3.63) is 0 Å². The number of hydrogen-bond donors (Lipinski definition) is 1. The van der Waals surface area contributed by atoms with Gasteiger partial charge in [-0.3, -0.25) is 9.05 Å². The number of rotatable bonds is 14. The molecule has 0 aliphatic carbocycles. The van der Waals surface area contributed by atoms with Crippen molar-refractivity contribution in [1.29, 1.82) is 0 Å². The maximum Gasteiger partial charge on any atom is 0.472 e. The zero-order chi connectivity index (χ0) is 16.1. The smallest absolute Gasteiger partial charge is 0.302 e. The molecule has 0 amide bonds. The van der Waals surface area contributed by atoms with E-state index in [2.05, 4.69) is 27.7 Å². The van der Waals surface area contributed by atoms with Crippen LogP contribution in [0, 0.1) is 11.8 Å². The van der Waals surface area contributed by atoms with E-state index in [0.717, 1.165) is 51.4 Å². The Bertz CT molecular complexity index is 265. The van der Waals surface area contributed by atoms with Gasteiger partial charge in [0.1, 0.15) is 0 Å². The van der Waals surface area contributed by atoms with E-state index in [4.69, 9.17) is 9.05 Å². The zero-order valence-electron chi connectivity index (χ0n) is 15.1. The van der Waals surface area contributed by atoms with Crippen LogP contribution < -0.4 is 0 Å². The summed E-state index contributed by atoms with van der Waals surface area (Å²) in [6, 6.07) is 0. The molecule has 4 nitrogen and oxygen atoms in total. The fourth-order valence-corrected chi connectivity index (χ4v) is 3.11. The van der Waals surface area contributed by atoms with Crippen molar-refractivity contribution in [1.82, 2.24) is 0 Å². The van der Waals surface area contributed by atoms with Crippen LogP contribution in [0.4, 0.5) is 0 Å². The average Bonchev–Trinajstić information content (AvgIpc) is 2.47. The molecule has 0 aromatic heterocycles. The first-order chi connectivity index (χ1) is 9.99. The third-order valence-corrected chi connectivity index (χ3v) is 4.98. The summed E-state index contributed by atoms with van der Waals surface area (Å²) >= 11 is 0. The van der Waals surface area contributed by atoms with Crippen LogP contribution in [0.3, 0.4) is 0 Å². The summed E-state index contributed by atoms with van der Waals surface area (Å²) in [7, 11) is -3.89. The summed E-state index contributed by atoms with van der Waals surface area (Å²) < 4.78 is 22.2. The quantitative estimate of drug-likeness (QED) is 0.342. The number of phosphoric ester groups is 1. The van der Waals surface area contributed by atoms with E-state index in [1.807, 2.05) is 0 Å². The van der Waals surface area contributed by atoms with Crippen molar-refractivity contribution in [3.8, 4) is 0 Å². The second kappa shape index (κ2) is 15.9. The van der Waals surface area contributed by atoms with Gasteiger partial charge in [0.15, 0.2) is 0 Å². The van der Waals surface area contributed by atoms with Crippen LogP contribution in [0.1, 0.15) is 79.1 Å². The normalized spacial score (nSPS) is 16.6. The largest absolute Gasteiger partial charge is 0.472 e. The Hall–Kier alpha value is 1.37. The van der Waals surface area contributed by atoms with Crippen molar-refractivity contribution in [2.75, 3.05) is 13.2 Å². The Morgan fingerprint density at radius 2 is 1.23 bits per heavy atom. The van der Waals surface area contributed by atoms with Crippen molar-refractivity contribution in [2.24, 2.45) is 11.8 Å². The molecule has 0 aliphatic rings. The molecule has 2 atom stereocenters. The summed E-state index contributed by atoms with van der Waals surface area (Å²) in [6.07, 6.45) is 8.56. The number of unbranched alkanes of at least 4 members (excludes halogenated alkanes) is 2. The molecule has 0 aliphatic heterocycles. The third-order valence-electron chi connectivity index (χ3n) is 4.03. The van der Waals surface area contributed by atoms with E-state index in [-0.39, 0.29) is 37.7 Å². The number of phosphoric acid groups is 1. The second-order valence-electron chi connectivity index (χ2n) is 5.89. The molecule has 2 unspecified atom stereocenters. The first-order valence-corrected chi connectivity index (χ1v) is 10.1. The van der Waals surface area contributed by atoms with Crippen LogP contribution in [0.5, 0.6) is 0 Å². The van der Waals surface area contributed by atoms with E-state index in [1.165, 1.54) is 0 Å². The molecule has 0 saturated carbocycles. The maximum absolute atomic E-state index is 11.9. The number of hydrogen-bond acceptors (Lipinski definition) is 3. The molecule has 0 heterocycles. The predicted molar refractivity (Wildman–Crippen MR) is 94.1 cm³/mol. The van der Waals surface area contributed by atoms with Gasteiger partial charge in [0, 0.05) is 37.7 Å². The van der Waals surface area contributed by atoms with Gasteiger partial charge in [-0.1, -0.05) is 66.2 Å². The summed E-state index contributed by atoms with van der Waals surface area (Å²) in [5.74, 6) is 0.687. The van der Waals surface area contributed by atoms with Crippen molar-refractivity contribution < 1.29 is 18.5 Å². The van der Waals surface area contributed by atoms with Crippen LogP contribution in [0.25, 0.3) is 0 Å². The Morgan fingerprint density at radius 3 is 1.50 bits per heavy atom. The van der Waals surface area contributed by atoms with E-state index >= 15 is 0 Å². The Balaban J connectivity index is 0. The molecular formula is C16H35CaO4P. The monoisotopic (exact) mass is 362 g/mol. The minimum Gasteiger partial charge on any atom is -0.302 e. The molecule has 0 rings (SSSR count). The van der Waals surface area contributed by atoms with Crippen LogP contribution in [0.2, 0.25) is 0 Å². The predicted octanol–water partition coefficient (Wildman–Crippen LogP) is 5.17. The first kappa shape index (κ1) is 25.6. The standard InChI is InChI=1S/C16H35O4P.Ca/c1-5-9-11-15(7-3)13-19-21(17,18)20-14-16(8-4)12-10-6-2;/h15-16H,5-14H2,1-4H3,(H,17,18);. The second-order valence-corrected chi connectivity index (χ2v) is 7.35. The van der Waals surface area contributed by atoms with Gasteiger partial charge in [0.2, 0.25) is 0 Å². The summed E-state index contributed by atoms with van der Waals surface area (Å²) in [5.41, 5.74) is 0. The van der Waals surface area contributed by atoms with Crippen LogP contribution >= 0.6 is 7.82 Å². The summed E-state index contributed by atoms with van der Waals surface area (Å²) in [5, 5.41) is 0. The molecular weight excluding hydrogens is 327 g/mol. The minimum absolute atomic E-state index is 0. The third kappa shape index (κ3) is 13.8. The maximum atomic E-state index is 11.9. The fraction of sp³-hybridized carbons (Fsp3) is 1.00. The summed E-state index contributed by atoms with van der Waals surface area (Å²) in [6.45, 7) is 9.10. The van der Waals surface area contributed by atoms with Gasteiger partial charge >= 0.3 is 7.82 Å². The van der Waals surface area contributed by atoms with Gasteiger partial charge in [0.25, 0.3) is 0 Å². The first-order valence-electron chi connectivity index (χ1n) is 8.60. The van der Waals surface area contributed by atoms with Crippen LogP contribution in [-0.2, 0) is 13.6 Å². The fourth-order valence-electron chi connectivity index (χ4n) is 2.23. The molecule has 0 saturated heterocycles.